The highest BCUT2D eigenvalue weighted by Gasteiger charge is 2.28. The molecule has 19 heavy (non-hydrogen) atoms. The lowest BCUT2D eigenvalue weighted by Crippen LogP contribution is -2.37. The summed E-state index contributed by atoms with van der Waals surface area (Å²) in [4.78, 5) is 2.78. The van der Waals surface area contributed by atoms with Gasteiger partial charge in [-0.3, -0.25) is 4.90 Å². The summed E-state index contributed by atoms with van der Waals surface area (Å²) in [5, 5.41) is 0.847. The van der Waals surface area contributed by atoms with Crippen molar-refractivity contribution in [1.29, 1.82) is 0 Å². The van der Waals surface area contributed by atoms with E-state index in [1.165, 1.54) is 63.6 Å². The Balaban J connectivity index is 1.65. The molecule has 1 aromatic carbocycles. The molecule has 0 amide bonds. The summed E-state index contributed by atoms with van der Waals surface area (Å²) in [6, 6.07) is 9.20. The SMILES string of the molecule is Clc1ccc(CC2CCCCCN2CC2CC2)cc1. The van der Waals surface area contributed by atoms with Crippen molar-refractivity contribution in [2.24, 2.45) is 5.92 Å². The second-order valence-electron chi connectivity index (χ2n) is 6.27. The topological polar surface area (TPSA) is 3.24 Å². The summed E-state index contributed by atoms with van der Waals surface area (Å²) in [7, 11) is 0. The maximum Gasteiger partial charge on any atom is 0.0406 e. The maximum absolute atomic E-state index is 5.98. The van der Waals surface area contributed by atoms with Crippen molar-refractivity contribution < 1.29 is 0 Å². The number of hydrogen-bond acceptors (Lipinski definition) is 1. The largest absolute Gasteiger partial charge is 0.300 e. The second kappa shape index (κ2) is 6.28. The summed E-state index contributed by atoms with van der Waals surface area (Å²) < 4.78 is 0. The summed E-state index contributed by atoms with van der Waals surface area (Å²) in [5.74, 6) is 1.01. The van der Waals surface area contributed by atoms with Crippen molar-refractivity contribution in [3.05, 3.63) is 34.9 Å². The van der Waals surface area contributed by atoms with Crippen LogP contribution in [0.5, 0.6) is 0 Å². The Hall–Kier alpha value is -0.530. The maximum atomic E-state index is 5.98. The van der Waals surface area contributed by atoms with Gasteiger partial charge in [0.2, 0.25) is 0 Å². The van der Waals surface area contributed by atoms with Crippen LogP contribution in [0.4, 0.5) is 0 Å². The van der Waals surface area contributed by atoms with Crippen LogP contribution in [-0.4, -0.2) is 24.0 Å². The van der Waals surface area contributed by atoms with E-state index in [2.05, 4.69) is 17.0 Å². The van der Waals surface area contributed by atoms with Crippen molar-refractivity contribution in [2.45, 2.75) is 51.0 Å². The lowest BCUT2D eigenvalue weighted by Gasteiger charge is -2.30. The van der Waals surface area contributed by atoms with Crippen molar-refractivity contribution >= 4 is 11.6 Å². The van der Waals surface area contributed by atoms with E-state index in [1.807, 2.05) is 12.1 Å². The third-order valence-electron chi connectivity index (χ3n) is 4.57. The highest BCUT2D eigenvalue weighted by atomic mass is 35.5. The Bertz CT molecular complexity index is 396. The van der Waals surface area contributed by atoms with Gasteiger partial charge in [-0.15, -0.1) is 0 Å². The Kier molecular flexibility index (Phi) is 4.45. The second-order valence-corrected chi connectivity index (χ2v) is 6.71. The van der Waals surface area contributed by atoms with Gasteiger partial charge in [0, 0.05) is 17.6 Å². The number of hydrogen-bond donors (Lipinski definition) is 0. The van der Waals surface area contributed by atoms with E-state index >= 15 is 0 Å². The number of likely N-dealkylation sites (tertiary alicyclic amines) is 1. The van der Waals surface area contributed by atoms with Crippen LogP contribution < -0.4 is 0 Å². The van der Waals surface area contributed by atoms with Gasteiger partial charge in [0.25, 0.3) is 0 Å². The van der Waals surface area contributed by atoms with Gasteiger partial charge in [0.15, 0.2) is 0 Å². The quantitative estimate of drug-likeness (QED) is 0.781. The van der Waals surface area contributed by atoms with E-state index in [9.17, 15) is 0 Å². The van der Waals surface area contributed by atoms with E-state index in [1.54, 1.807) is 0 Å². The van der Waals surface area contributed by atoms with E-state index in [-0.39, 0.29) is 0 Å². The first-order chi connectivity index (χ1) is 9.31. The van der Waals surface area contributed by atoms with Crippen LogP contribution in [-0.2, 0) is 6.42 Å². The molecule has 1 aromatic rings. The summed E-state index contributed by atoms with van der Waals surface area (Å²) >= 11 is 5.98. The molecule has 0 aromatic heterocycles. The van der Waals surface area contributed by atoms with Crippen LogP contribution in [0.2, 0.25) is 5.02 Å². The molecule has 1 aliphatic carbocycles. The van der Waals surface area contributed by atoms with Crippen molar-refractivity contribution in [3.8, 4) is 0 Å². The molecule has 0 N–H and O–H groups in total. The minimum Gasteiger partial charge on any atom is -0.300 e. The number of nitrogens with zero attached hydrogens (tertiary/aromatic N) is 1. The van der Waals surface area contributed by atoms with Gasteiger partial charge in [-0.25, -0.2) is 0 Å². The lowest BCUT2D eigenvalue weighted by atomic mass is 10.0. The molecule has 1 saturated carbocycles. The van der Waals surface area contributed by atoms with Crippen LogP contribution in [0, 0.1) is 5.92 Å². The molecule has 2 fully saturated rings. The summed E-state index contributed by atoms with van der Waals surface area (Å²) in [6.45, 7) is 2.66. The van der Waals surface area contributed by atoms with Crippen LogP contribution in [0.25, 0.3) is 0 Å². The number of halogens is 1. The van der Waals surface area contributed by atoms with Gasteiger partial charge >= 0.3 is 0 Å². The van der Waals surface area contributed by atoms with E-state index in [4.69, 9.17) is 11.6 Å². The number of rotatable bonds is 4. The minimum absolute atomic E-state index is 0.754. The van der Waals surface area contributed by atoms with Crippen LogP contribution in [0.15, 0.2) is 24.3 Å². The van der Waals surface area contributed by atoms with Crippen molar-refractivity contribution in [1.82, 2.24) is 4.90 Å². The molecular formula is C17H24ClN. The standard InChI is InChI=1S/C17H24ClN/c18-16-9-7-14(8-10-16)12-17-4-2-1-3-11-19(17)13-15-5-6-15/h7-10,15,17H,1-6,11-13H2. The van der Waals surface area contributed by atoms with Crippen LogP contribution in [0.1, 0.15) is 44.1 Å². The van der Waals surface area contributed by atoms with E-state index in [0.717, 1.165) is 17.0 Å². The zero-order valence-electron chi connectivity index (χ0n) is 11.7. The molecule has 0 bridgehead atoms. The first-order valence-electron chi connectivity index (χ1n) is 7.80. The van der Waals surface area contributed by atoms with Crippen LogP contribution >= 0.6 is 11.6 Å². The van der Waals surface area contributed by atoms with Gasteiger partial charge in [-0.2, -0.15) is 0 Å². The van der Waals surface area contributed by atoms with Gasteiger partial charge in [0.05, 0.1) is 0 Å². The molecule has 1 aliphatic heterocycles. The molecule has 2 aliphatic rings. The molecule has 1 atom stereocenters. The molecule has 3 rings (SSSR count). The van der Waals surface area contributed by atoms with Crippen molar-refractivity contribution in [3.63, 3.8) is 0 Å². The smallest absolute Gasteiger partial charge is 0.0406 e. The lowest BCUT2D eigenvalue weighted by molar-refractivity contribution is 0.190. The van der Waals surface area contributed by atoms with Gasteiger partial charge in [0.1, 0.15) is 0 Å². The highest BCUT2D eigenvalue weighted by Crippen LogP contribution is 2.32. The average molecular weight is 278 g/mol. The molecule has 1 unspecified atom stereocenters. The van der Waals surface area contributed by atoms with Crippen molar-refractivity contribution in [2.75, 3.05) is 13.1 Å². The Morgan fingerprint density at radius 3 is 2.53 bits per heavy atom. The third-order valence-corrected chi connectivity index (χ3v) is 4.83. The predicted molar refractivity (Wildman–Crippen MR) is 81.7 cm³/mol. The minimum atomic E-state index is 0.754. The predicted octanol–water partition coefficient (Wildman–Crippen LogP) is 4.54. The first kappa shape index (κ1) is 13.5. The normalized spacial score (nSPS) is 25.2. The van der Waals surface area contributed by atoms with E-state index in [0.29, 0.717) is 0 Å². The highest BCUT2D eigenvalue weighted by molar-refractivity contribution is 6.30. The van der Waals surface area contributed by atoms with Gasteiger partial charge in [-0.1, -0.05) is 36.6 Å². The zero-order valence-corrected chi connectivity index (χ0v) is 12.4. The molecule has 0 spiro atoms. The zero-order chi connectivity index (χ0) is 13.1. The fourth-order valence-corrected chi connectivity index (χ4v) is 3.36. The Morgan fingerprint density at radius 2 is 1.79 bits per heavy atom. The summed E-state index contributed by atoms with van der Waals surface area (Å²) in [5.41, 5.74) is 1.44. The monoisotopic (exact) mass is 277 g/mol. The third kappa shape index (κ3) is 3.97. The molecule has 104 valence electrons. The molecular weight excluding hydrogens is 254 g/mol. The summed E-state index contributed by atoms with van der Waals surface area (Å²) in [6.07, 6.45) is 9.70. The van der Waals surface area contributed by atoms with Gasteiger partial charge in [-0.05, 0) is 62.3 Å². The average Bonchev–Trinajstić information content (AvgIpc) is 3.23. The van der Waals surface area contributed by atoms with Crippen LogP contribution in [0.3, 0.4) is 0 Å². The fourth-order valence-electron chi connectivity index (χ4n) is 3.23. The molecule has 1 saturated heterocycles. The molecule has 1 heterocycles. The van der Waals surface area contributed by atoms with Gasteiger partial charge < -0.3 is 0 Å². The number of benzene rings is 1. The molecule has 0 radical (unpaired) electrons. The Labute approximate surface area is 121 Å². The molecule has 2 heteroatoms. The Morgan fingerprint density at radius 1 is 1.00 bits per heavy atom. The molecule has 1 nitrogen and oxygen atoms in total. The fraction of sp³-hybridized carbons (Fsp3) is 0.647. The van der Waals surface area contributed by atoms with E-state index < -0.39 is 0 Å². The first-order valence-corrected chi connectivity index (χ1v) is 8.17.